The van der Waals surface area contributed by atoms with Crippen molar-refractivity contribution in [2.24, 2.45) is 0 Å². The van der Waals surface area contributed by atoms with E-state index in [0.29, 0.717) is 0 Å². The van der Waals surface area contributed by atoms with Gasteiger partial charge in [-0.15, -0.1) is 0 Å². The average Bonchev–Trinajstić information content (AvgIpc) is 2.66. The lowest BCUT2D eigenvalue weighted by molar-refractivity contribution is 0.313. The smallest absolute Gasteiger partial charge is 0.115 e. The molecule has 1 atom stereocenters. The summed E-state index contributed by atoms with van der Waals surface area (Å²) in [5.41, 5.74) is 1.08. The zero-order valence-corrected chi connectivity index (χ0v) is 9.13. The van der Waals surface area contributed by atoms with Crippen molar-refractivity contribution in [3.63, 3.8) is 0 Å². The molecule has 2 heterocycles. The molecule has 15 heavy (non-hydrogen) atoms. The summed E-state index contributed by atoms with van der Waals surface area (Å²) in [6, 6.07) is 0.728. The van der Waals surface area contributed by atoms with Gasteiger partial charge in [-0.3, -0.25) is 0 Å². The van der Waals surface area contributed by atoms with Gasteiger partial charge < -0.3 is 4.90 Å². The Kier molecular flexibility index (Phi) is 3.45. The highest BCUT2D eigenvalue weighted by Gasteiger charge is 2.18. The van der Waals surface area contributed by atoms with E-state index in [-0.39, 0.29) is 0 Å². The van der Waals surface area contributed by atoms with Crippen LogP contribution in [0.25, 0.3) is 6.08 Å². The van der Waals surface area contributed by atoms with Crippen molar-refractivity contribution in [1.29, 1.82) is 0 Å². The van der Waals surface area contributed by atoms with Gasteiger partial charge in [0.2, 0.25) is 0 Å². The van der Waals surface area contributed by atoms with E-state index in [9.17, 15) is 0 Å². The second-order valence-electron chi connectivity index (χ2n) is 4.09. The van der Waals surface area contributed by atoms with Crippen LogP contribution in [0.5, 0.6) is 0 Å². The molecule has 0 aliphatic carbocycles. The standard InChI is InChI=1S/C12H17N3/c1-15-7-3-6-12(15)5-2-4-11-8-13-10-14-9-11/h2,4,8-10,12H,3,5-7H2,1H3/b4-2+. The van der Waals surface area contributed by atoms with Crippen LogP contribution in [0.1, 0.15) is 24.8 Å². The first-order valence-electron chi connectivity index (χ1n) is 5.48. The number of likely N-dealkylation sites (tertiary alicyclic amines) is 1. The van der Waals surface area contributed by atoms with Crippen molar-refractivity contribution in [3.05, 3.63) is 30.4 Å². The molecular formula is C12H17N3. The summed E-state index contributed by atoms with van der Waals surface area (Å²) in [4.78, 5) is 10.4. The summed E-state index contributed by atoms with van der Waals surface area (Å²) in [5, 5.41) is 0. The zero-order chi connectivity index (χ0) is 10.5. The first-order valence-corrected chi connectivity index (χ1v) is 5.48. The molecule has 0 N–H and O–H groups in total. The zero-order valence-electron chi connectivity index (χ0n) is 9.13. The van der Waals surface area contributed by atoms with E-state index < -0.39 is 0 Å². The topological polar surface area (TPSA) is 29.0 Å². The second-order valence-corrected chi connectivity index (χ2v) is 4.09. The monoisotopic (exact) mass is 203 g/mol. The van der Waals surface area contributed by atoms with Gasteiger partial charge >= 0.3 is 0 Å². The number of hydrogen-bond acceptors (Lipinski definition) is 3. The summed E-state index contributed by atoms with van der Waals surface area (Å²) in [6.07, 6.45) is 13.4. The van der Waals surface area contributed by atoms with E-state index in [2.05, 4.69) is 34.1 Å². The lowest BCUT2D eigenvalue weighted by Crippen LogP contribution is -2.23. The SMILES string of the molecule is CN1CCCC1C/C=C/c1cncnc1. The quantitative estimate of drug-likeness (QED) is 0.752. The van der Waals surface area contributed by atoms with E-state index in [1.54, 1.807) is 6.33 Å². The van der Waals surface area contributed by atoms with Crippen LogP contribution >= 0.6 is 0 Å². The van der Waals surface area contributed by atoms with Crippen LogP contribution in [0.15, 0.2) is 24.8 Å². The number of nitrogens with zero attached hydrogens (tertiary/aromatic N) is 3. The molecule has 1 saturated heterocycles. The Labute approximate surface area is 90.9 Å². The molecule has 1 aromatic rings. The van der Waals surface area contributed by atoms with E-state index in [1.807, 2.05) is 12.4 Å². The maximum Gasteiger partial charge on any atom is 0.115 e. The van der Waals surface area contributed by atoms with Gasteiger partial charge in [0.1, 0.15) is 6.33 Å². The summed E-state index contributed by atoms with van der Waals surface area (Å²) >= 11 is 0. The highest BCUT2D eigenvalue weighted by molar-refractivity contribution is 5.46. The Morgan fingerprint density at radius 2 is 2.27 bits per heavy atom. The highest BCUT2D eigenvalue weighted by Crippen LogP contribution is 2.18. The molecule has 1 aliphatic heterocycles. The van der Waals surface area contributed by atoms with E-state index in [4.69, 9.17) is 0 Å². The third-order valence-corrected chi connectivity index (χ3v) is 2.97. The van der Waals surface area contributed by atoms with E-state index in [0.717, 1.165) is 18.0 Å². The van der Waals surface area contributed by atoms with Crippen LogP contribution in [-0.4, -0.2) is 34.5 Å². The lowest BCUT2D eigenvalue weighted by Gasteiger charge is -2.16. The predicted molar refractivity (Wildman–Crippen MR) is 61.3 cm³/mol. The molecule has 0 saturated carbocycles. The molecule has 0 spiro atoms. The fraction of sp³-hybridized carbons (Fsp3) is 0.500. The fourth-order valence-electron chi connectivity index (χ4n) is 2.03. The summed E-state index contributed by atoms with van der Waals surface area (Å²) in [5.74, 6) is 0. The summed E-state index contributed by atoms with van der Waals surface area (Å²) < 4.78 is 0. The minimum absolute atomic E-state index is 0.728. The van der Waals surface area contributed by atoms with Crippen LogP contribution in [-0.2, 0) is 0 Å². The van der Waals surface area contributed by atoms with Crippen LogP contribution in [0, 0.1) is 0 Å². The van der Waals surface area contributed by atoms with E-state index >= 15 is 0 Å². The van der Waals surface area contributed by atoms with Gasteiger partial charge in [0, 0.05) is 24.0 Å². The number of rotatable bonds is 3. The molecule has 1 aliphatic rings. The lowest BCUT2D eigenvalue weighted by atomic mass is 10.1. The van der Waals surface area contributed by atoms with Crippen molar-refractivity contribution in [2.45, 2.75) is 25.3 Å². The van der Waals surface area contributed by atoms with E-state index in [1.165, 1.54) is 19.4 Å². The van der Waals surface area contributed by atoms with Gasteiger partial charge in [0.15, 0.2) is 0 Å². The maximum absolute atomic E-state index is 3.98. The number of aromatic nitrogens is 2. The van der Waals surface area contributed by atoms with Crippen LogP contribution in [0.2, 0.25) is 0 Å². The molecule has 0 radical (unpaired) electrons. The predicted octanol–water partition coefficient (Wildman–Crippen LogP) is 1.97. The van der Waals surface area contributed by atoms with Crippen molar-refractivity contribution in [3.8, 4) is 0 Å². The van der Waals surface area contributed by atoms with Crippen LogP contribution in [0.4, 0.5) is 0 Å². The van der Waals surface area contributed by atoms with Gasteiger partial charge in [0.05, 0.1) is 0 Å². The van der Waals surface area contributed by atoms with Crippen LogP contribution < -0.4 is 0 Å². The van der Waals surface area contributed by atoms with Crippen molar-refractivity contribution >= 4 is 6.08 Å². The van der Waals surface area contributed by atoms with Gasteiger partial charge in [-0.25, -0.2) is 9.97 Å². The Balaban J connectivity index is 1.85. The van der Waals surface area contributed by atoms with Crippen LogP contribution in [0.3, 0.4) is 0 Å². The Bertz CT molecular complexity index is 321. The highest BCUT2D eigenvalue weighted by atomic mass is 15.1. The largest absolute Gasteiger partial charge is 0.303 e. The molecule has 1 aromatic heterocycles. The molecule has 0 aromatic carbocycles. The van der Waals surface area contributed by atoms with Gasteiger partial charge in [-0.05, 0) is 32.9 Å². The van der Waals surface area contributed by atoms with Crippen molar-refractivity contribution < 1.29 is 0 Å². The molecule has 3 heteroatoms. The molecule has 0 bridgehead atoms. The van der Waals surface area contributed by atoms with Crippen molar-refractivity contribution in [2.75, 3.05) is 13.6 Å². The van der Waals surface area contributed by atoms with Crippen molar-refractivity contribution in [1.82, 2.24) is 14.9 Å². The molecule has 1 fully saturated rings. The fourth-order valence-corrected chi connectivity index (χ4v) is 2.03. The third-order valence-electron chi connectivity index (χ3n) is 2.97. The van der Waals surface area contributed by atoms with Gasteiger partial charge in [0.25, 0.3) is 0 Å². The van der Waals surface area contributed by atoms with Gasteiger partial charge in [-0.1, -0.05) is 12.2 Å². The molecule has 80 valence electrons. The summed E-state index contributed by atoms with van der Waals surface area (Å²) in [7, 11) is 2.21. The average molecular weight is 203 g/mol. The van der Waals surface area contributed by atoms with Gasteiger partial charge in [-0.2, -0.15) is 0 Å². The minimum Gasteiger partial charge on any atom is -0.303 e. The molecular weight excluding hydrogens is 186 g/mol. The molecule has 3 nitrogen and oxygen atoms in total. The second kappa shape index (κ2) is 5.03. The number of hydrogen-bond donors (Lipinski definition) is 0. The Hall–Kier alpha value is -1.22. The Morgan fingerprint density at radius 3 is 2.93 bits per heavy atom. The first kappa shape index (κ1) is 10.3. The maximum atomic E-state index is 3.98. The molecule has 1 unspecified atom stereocenters. The third kappa shape index (κ3) is 2.86. The Morgan fingerprint density at radius 1 is 1.47 bits per heavy atom. The molecule has 2 rings (SSSR count). The minimum atomic E-state index is 0.728. The summed E-state index contributed by atoms with van der Waals surface area (Å²) in [6.45, 7) is 1.24. The first-order chi connectivity index (χ1) is 7.36. The normalized spacial score (nSPS) is 22.6. The molecule has 0 amide bonds.